The zero-order valence-corrected chi connectivity index (χ0v) is 10.5. The lowest BCUT2D eigenvalue weighted by atomic mass is 10.1. The molecule has 2 saturated heterocycles. The summed E-state index contributed by atoms with van der Waals surface area (Å²) in [5.41, 5.74) is 0. The number of nitrogens with one attached hydrogen (secondary N) is 1. The molecule has 0 aliphatic carbocycles. The molecule has 1 N–H and O–H groups in total. The van der Waals surface area contributed by atoms with Crippen LogP contribution in [0.4, 0.5) is 0 Å². The van der Waals surface area contributed by atoms with E-state index < -0.39 is 5.03 Å². The van der Waals surface area contributed by atoms with Crippen LogP contribution in [0.3, 0.4) is 0 Å². The Balaban J connectivity index is 2.01. The molecule has 18 heavy (non-hydrogen) atoms. The van der Waals surface area contributed by atoms with Gasteiger partial charge in [0.05, 0.1) is 6.61 Å². The second-order valence-electron chi connectivity index (χ2n) is 4.82. The van der Waals surface area contributed by atoms with Crippen molar-refractivity contribution in [2.24, 2.45) is 11.0 Å². The molecule has 0 aromatic rings. The molecule has 0 saturated carbocycles. The van der Waals surface area contributed by atoms with Crippen molar-refractivity contribution < 1.29 is 9.77 Å². The largest absolute Gasteiger partial charge is 0.381 e. The fourth-order valence-electron chi connectivity index (χ4n) is 2.42. The van der Waals surface area contributed by atoms with E-state index in [0.29, 0.717) is 11.9 Å². The van der Waals surface area contributed by atoms with E-state index in [2.05, 4.69) is 10.4 Å². The van der Waals surface area contributed by atoms with Crippen LogP contribution in [0.1, 0.15) is 25.7 Å². The SMILES string of the molecule is O=[N+]([O-])/N=C1\NCCCCCN1CC1CCOC1. The molecule has 2 aliphatic rings. The van der Waals surface area contributed by atoms with Gasteiger partial charge in [0.1, 0.15) is 5.10 Å². The van der Waals surface area contributed by atoms with E-state index in [0.717, 1.165) is 58.5 Å². The lowest BCUT2D eigenvalue weighted by molar-refractivity contribution is -0.486. The van der Waals surface area contributed by atoms with Gasteiger partial charge in [-0.1, -0.05) is 0 Å². The van der Waals surface area contributed by atoms with Crippen LogP contribution in [0, 0.1) is 16.0 Å². The maximum absolute atomic E-state index is 10.6. The van der Waals surface area contributed by atoms with Crippen molar-refractivity contribution in [2.45, 2.75) is 25.7 Å². The van der Waals surface area contributed by atoms with Crippen LogP contribution in [0.25, 0.3) is 0 Å². The molecule has 0 aromatic carbocycles. The van der Waals surface area contributed by atoms with Crippen molar-refractivity contribution in [3.05, 3.63) is 10.1 Å². The highest BCUT2D eigenvalue weighted by molar-refractivity contribution is 5.79. The van der Waals surface area contributed by atoms with Gasteiger partial charge in [-0.2, -0.15) is 0 Å². The highest BCUT2D eigenvalue weighted by Crippen LogP contribution is 2.15. The minimum atomic E-state index is -0.623. The summed E-state index contributed by atoms with van der Waals surface area (Å²) in [7, 11) is 0. The van der Waals surface area contributed by atoms with Crippen molar-refractivity contribution in [2.75, 3.05) is 32.8 Å². The van der Waals surface area contributed by atoms with E-state index in [-0.39, 0.29) is 0 Å². The molecule has 0 aromatic heterocycles. The van der Waals surface area contributed by atoms with E-state index in [4.69, 9.17) is 4.74 Å². The molecular weight excluding hydrogens is 236 g/mol. The van der Waals surface area contributed by atoms with Gasteiger partial charge in [0.2, 0.25) is 0 Å². The van der Waals surface area contributed by atoms with Crippen molar-refractivity contribution in [1.82, 2.24) is 10.2 Å². The molecular formula is C11H20N4O3. The van der Waals surface area contributed by atoms with Gasteiger partial charge < -0.3 is 15.0 Å². The smallest absolute Gasteiger partial charge is 0.271 e. The molecule has 1 unspecified atom stereocenters. The summed E-state index contributed by atoms with van der Waals surface area (Å²) >= 11 is 0. The summed E-state index contributed by atoms with van der Waals surface area (Å²) in [6.07, 6.45) is 4.28. The average molecular weight is 256 g/mol. The van der Waals surface area contributed by atoms with Gasteiger partial charge in [-0.05, 0) is 25.7 Å². The first-order valence-corrected chi connectivity index (χ1v) is 6.55. The summed E-state index contributed by atoms with van der Waals surface area (Å²) in [5, 5.41) is 16.5. The summed E-state index contributed by atoms with van der Waals surface area (Å²) in [6.45, 7) is 3.93. The lowest BCUT2D eigenvalue weighted by Crippen LogP contribution is -2.46. The number of rotatable bonds is 3. The quantitative estimate of drug-likeness (QED) is 0.592. The predicted octanol–water partition coefficient (Wildman–Crippen LogP) is 0.646. The summed E-state index contributed by atoms with van der Waals surface area (Å²) in [6, 6.07) is 0. The molecule has 0 radical (unpaired) electrons. The van der Waals surface area contributed by atoms with E-state index in [1.54, 1.807) is 0 Å². The van der Waals surface area contributed by atoms with E-state index in [1.807, 2.05) is 4.90 Å². The summed E-state index contributed by atoms with van der Waals surface area (Å²) in [5.74, 6) is 0.870. The first-order chi connectivity index (χ1) is 8.75. The van der Waals surface area contributed by atoms with Gasteiger partial charge >= 0.3 is 0 Å². The molecule has 2 heterocycles. The van der Waals surface area contributed by atoms with Gasteiger partial charge in [0.25, 0.3) is 5.96 Å². The monoisotopic (exact) mass is 256 g/mol. The third-order valence-electron chi connectivity index (χ3n) is 3.37. The van der Waals surface area contributed by atoms with Crippen LogP contribution in [0.2, 0.25) is 0 Å². The topological polar surface area (TPSA) is 80.0 Å². The van der Waals surface area contributed by atoms with Crippen molar-refractivity contribution >= 4 is 5.96 Å². The Bertz CT molecular complexity index is 315. The number of nitrogens with zero attached hydrogens (tertiary/aromatic N) is 3. The number of ether oxygens (including phenoxy) is 1. The first kappa shape index (κ1) is 13.1. The molecule has 0 amide bonds. The molecule has 2 aliphatic heterocycles. The normalized spacial score (nSPS) is 27.7. The maximum atomic E-state index is 10.6. The van der Waals surface area contributed by atoms with Gasteiger partial charge in [-0.3, -0.25) is 0 Å². The Morgan fingerprint density at radius 3 is 3.11 bits per heavy atom. The number of hydrogen-bond acceptors (Lipinski definition) is 3. The first-order valence-electron chi connectivity index (χ1n) is 6.55. The molecule has 7 nitrogen and oxygen atoms in total. The lowest BCUT2D eigenvalue weighted by Gasteiger charge is -2.28. The van der Waals surface area contributed by atoms with Crippen LogP contribution in [0.15, 0.2) is 5.10 Å². The Kier molecular flexibility index (Phi) is 4.74. The summed E-state index contributed by atoms with van der Waals surface area (Å²) < 4.78 is 5.35. The molecule has 0 spiro atoms. The molecule has 7 heteroatoms. The zero-order valence-electron chi connectivity index (χ0n) is 10.5. The Morgan fingerprint density at radius 2 is 2.39 bits per heavy atom. The number of nitro groups is 1. The second kappa shape index (κ2) is 6.53. The molecule has 2 rings (SSSR count). The Morgan fingerprint density at radius 1 is 1.50 bits per heavy atom. The van der Waals surface area contributed by atoms with Gasteiger partial charge in [-0.15, -0.1) is 0 Å². The Hall–Kier alpha value is -1.37. The van der Waals surface area contributed by atoms with Gasteiger partial charge in [0, 0.05) is 32.2 Å². The van der Waals surface area contributed by atoms with Crippen LogP contribution >= 0.6 is 0 Å². The molecule has 0 bridgehead atoms. The third kappa shape index (κ3) is 3.83. The van der Waals surface area contributed by atoms with Crippen LogP contribution < -0.4 is 5.32 Å². The highest BCUT2D eigenvalue weighted by atomic mass is 16.7. The van der Waals surface area contributed by atoms with Gasteiger partial charge in [0.15, 0.2) is 5.03 Å². The van der Waals surface area contributed by atoms with Crippen LogP contribution in [-0.2, 0) is 4.74 Å². The predicted molar refractivity (Wildman–Crippen MR) is 66.8 cm³/mol. The van der Waals surface area contributed by atoms with E-state index in [9.17, 15) is 10.1 Å². The van der Waals surface area contributed by atoms with Crippen LogP contribution in [0.5, 0.6) is 0 Å². The Labute approximate surface area is 106 Å². The van der Waals surface area contributed by atoms with E-state index >= 15 is 0 Å². The molecule has 2 fully saturated rings. The maximum Gasteiger partial charge on any atom is 0.271 e. The van der Waals surface area contributed by atoms with Crippen molar-refractivity contribution in [1.29, 1.82) is 0 Å². The van der Waals surface area contributed by atoms with E-state index in [1.165, 1.54) is 0 Å². The van der Waals surface area contributed by atoms with Crippen LogP contribution in [-0.4, -0.2) is 48.7 Å². The fraction of sp³-hybridized carbons (Fsp3) is 0.909. The molecule has 102 valence electrons. The third-order valence-corrected chi connectivity index (χ3v) is 3.37. The number of guanidine groups is 1. The number of hydrazone groups is 1. The fourth-order valence-corrected chi connectivity index (χ4v) is 2.42. The minimum Gasteiger partial charge on any atom is -0.381 e. The van der Waals surface area contributed by atoms with Crippen molar-refractivity contribution in [3.63, 3.8) is 0 Å². The number of hydrogen-bond donors (Lipinski definition) is 1. The molecule has 1 atom stereocenters. The standard InChI is InChI=1S/C11H20N4O3/c16-15(17)13-11-12-5-2-1-3-6-14(11)8-10-4-7-18-9-10/h10H,1-9H2,(H,12,13). The summed E-state index contributed by atoms with van der Waals surface area (Å²) in [4.78, 5) is 12.6. The minimum absolute atomic E-state index is 0.409. The van der Waals surface area contributed by atoms with Gasteiger partial charge in [-0.25, -0.2) is 10.1 Å². The zero-order chi connectivity index (χ0) is 12.8. The highest BCUT2D eigenvalue weighted by Gasteiger charge is 2.23. The second-order valence-corrected chi connectivity index (χ2v) is 4.82. The van der Waals surface area contributed by atoms with Crippen molar-refractivity contribution in [3.8, 4) is 0 Å². The average Bonchev–Trinajstić information content (AvgIpc) is 2.79.